The minimum atomic E-state index is -0.213. The lowest BCUT2D eigenvalue weighted by Gasteiger charge is -2.25. The molecule has 0 amide bonds. The zero-order valence-corrected chi connectivity index (χ0v) is 16.4. The molecule has 1 aliphatic heterocycles. The van der Waals surface area contributed by atoms with Gasteiger partial charge in [-0.05, 0) is 48.2 Å². The maximum atomic E-state index is 13.6. The summed E-state index contributed by atoms with van der Waals surface area (Å²) in [4.78, 5) is 14.5. The third-order valence-corrected chi connectivity index (χ3v) is 5.52. The van der Waals surface area contributed by atoms with Gasteiger partial charge >= 0.3 is 5.69 Å². The second kappa shape index (κ2) is 7.89. The molecule has 4 rings (SSSR count). The van der Waals surface area contributed by atoms with Crippen molar-refractivity contribution < 1.29 is 9.13 Å². The van der Waals surface area contributed by atoms with E-state index in [0.717, 1.165) is 54.7 Å². The molecule has 2 aromatic carbocycles. The molecule has 0 bridgehead atoms. The van der Waals surface area contributed by atoms with Gasteiger partial charge in [0, 0.05) is 40.3 Å². The molecule has 148 valence electrons. The molecular formula is C22H26FN3O2. The number of benzene rings is 2. The van der Waals surface area contributed by atoms with Gasteiger partial charge in [-0.2, -0.15) is 0 Å². The van der Waals surface area contributed by atoms with E-state index in [1.165, 1.54) is 6.07 Å². The first kappa shape index (κ1) is 18.9. The number of aromatic nitrogens is 2. The van der Waals surface area contributed by atoms with Gasteiger partial charge in [-0.15, -0.1) is 0 Å². The molecule has 0 radical (unpaired) electrons. The molecule has 28 heavy (non-hydrogen) atoms. The zero-order chi connectivity index (χ0) is 19.7. The number of nitrogens with zero attached hydrogens (tertiary/aromatic N) is 3. The van der Waals surface area contributed by atoms with E-state index in [2.05, 4.69) is 17.0 Å². The van der Waals surface area contributed by atoms with Crippen LogP contribution in [-0.4, -0.2) is 33.3 Å². The molecule has 6 heteroatoms. The van der Waals surface area contributed by atoms with Crippen LogP contribution < -0.4 is 5.69 Å². The highest BCUT2D eigenvalue weighted by Crippen LogP contribution is 2.20. The van der Waals surface area contributed by atoms with Gasteiger partial charge in [0.15, 0.2) is 0 Å². The Bertz CT molecular complexity index is 1030. The Labute approximate surface area is 163 Å². The van der Waals surface area contributed by atoms with Gasteiger partial charge in [0.25, 0.3) is 0 Å². The molecule has 0 N–H and O–H groups in total. The Morgan fingerprint density at radius 1 is 1.07 bits per heavy atom. The fourth-order valence-electron chi connectivity index (χ4n) is 4.06. The number of hydrogen-bond acceptors (Lipinski definition) is 3. The van der Waals surface area contributed by atoms with Crippen molar-refractivity contribution in [3.63, 3.8) is 0 Å². The number of aryl methyl sites for hydroxylation is 2. The number of ether oxygens (including phenoxy) is 1. The number of fused-ring (bicyclic) bond motifs is 1. The maximum absolute atomic E-state index is 13.6. The highest BCUT2D eigenvalue weighted by Gasteiger charge is 2.20. The van der Waals surface area contributed by atoms with Gasteiger partial charge in [-0.25, -0.2) is 9.18 Å². The number of hydrogen-bond donors (Lipinski definition) is 0. The first-order valence-electron chi connectivity index (χ1n) is 9.74. The summed E-state index contributed by atoms with van der Waals surface area (Å²) < 4.78 is 22.8. The van der Waals surface area contributed by atoms with Crippen LogP contribution in [0.2, 0.25) is 0 Å². The molecule has 1 atom stereocenters. The van der Waals surface area contributed by atoms with Gasteiger partial charge in [-0.3, -0.25) is 14.0 Å². The summed E-state index contributed by atoms with van der Waals surface area (Å²) in [5.74, 6) is -0.213. The van der Waals surface area contributed by atoms with Crippen molar-refractivity contribution in [1.82, 2.24) is 14.0 Å². The second-order valence-corrected chi connectivity index (χ2v) is 7.66. The third-order valence-electron chi connectivity index (χ3n) is 5.52. The molecular weight excluding hydrogens is 357 g/mol. The van der Waals surface area contributed by atoms with Crippen molar-refractivity contribution in [3.05, 3.63) is 69.9 Å². The Kier molecular flexibility index (Phi) is 5.33. The molecule has 0 saturated carbocycles. The van der Waals surface area contributed by atoms with Crippen molar-refractivity contribution in [1.29, 1.82) is 0 Å². The van der Waals surface area contributed by atoms with Gasteiger partial charge in [0.1, 0.15) is 5.82 Å². The summed E-state index contributed by atoms with van der Waals surface area (Å²) in [6.07, 6.45) is 2.38. The Hall–Kier alpha value is -2.44. The van der Waals surface area contributed by atoms with Gasteiger partial charge in [-0.1, -0.05) is 18.2 Å². The Morgan fingerprint density at radius 2 is 1.82 bits per heavy atom. The lowest BCUT2D eigenvalue weighted by atomic mass is 10.1. The smallest absolute Gasteiger partial charge is 0.328 e. The minimum Gasteiger partial charge on any atom is -0.377 e. The van der Waals surface area contributed by atoms with E-state index in [-0.39, 0.29) is 17.6 Å². The van der Waals surface area contributed by atoms with Crippen LogP contribution in [0.5, 0.6) is 0 Å². The largest absolute Gasteiger partial charge is 0.377 e. The summed E-state index contributed by atoms with van der Waals surface area (Å²) in [7, 11) is 3.59. The molecule has 2 heterocycles. The topological polar surface area (TPSA) is 39.4 Å². The highest BCUT2D eigenvalue weighted by atomic mass is 19.1. The first-order chi connectivity index (χ1) is 13.5. The molecule has 1 aliphatic rings. The van der Waals surface area contributed by atoms with E-state index in [9.17, 15) is 9.18 Å². The van der Waals surface area contributed by atoms with Crippen LogP contribution in [0.3, 0.4) is 0 Å². The fraction of sp³-hybridized carbons (Fsp3) is 0.409. The lowest BCUT2D eigenvalue weighted by molar-refractivity contribution is 0.0679. The van der Waals surface area contributed by atoms with E-state index in [0.29, 0.717) is 6.54 Å². The SMILES string of the molecule is Cn1c(=O)n(C)c2cc(CN(Cc3cccc(F)c3)CC3CCCO3)ccc21. The molecule has 0 aliphatic carbocycles. The van der Waals surface area contributed by atoms with Crippen molar-refractivity contribution in [2.45, 2.75) is 32.0 Å². The van der Waals surface area contributed by atoms with E-state index < -0.39 is 0 Å². The summed E-state index contributed by atoms with van der Waals surface area (Å²) >= 11 is 0. The summed E-state index contributed by atoms with van der Waals surface area (Å²) in [5, 5.41) is 0. The second-order valence-electron chi connectivity index (χ2n) is 7.66. The quantitative estimate of drug-likeness (QED) is 0.656. The number of imidazole rings is 1. The van der Waals surface area contributed by atoms with Crippen LogP contribution in [0.25, 0.3) is 11.0 Å². The van der Waals surface area contributed by atoms with Crippen LogP contribution in [0.15, 0.2) is 47.3 Å². The van der Waals surface area contributed by atoms with E-state index >= 15 is 0 Å². The molecule has 5 nitrogen and oxygen atoms in total. The normalized spacial score (nSPS) is 17.1. The summed E-state index contributed by atoms with van der Waals surface area (Å²) in [6.45, 7) is 3.00. The van der Waals surface area contributed by atoms with Crippen LogP contribution in [0.4, 0.5) is 4.39 Å². The predicted octanol–water partition coefficient (Wildman–Crippen LogP) is 3.20. The Balaban J connectivity index is 1.59. The zero-order valence-electron chi connectivity index (χ0n) is 16.4. The summed E-state index contributed by atoms with van der Waals surface area (Å²) in [5.41, 5.74) is 3.90. The molecule has 1 unspecified atom stereocenters. The number of halogens is 1. The third kappa shape index (κ3) is 3.88. The monoisotopic (exact) mass is 383 g/mol. The fourth-order valence-corrected chi connectivity index (χ4v) is 4.06. The predicted molar refractivity (Wildman–Crippen MR) is 108 cm³/mol. The van der Waals surface area contributed by atoms with Gasteiger partial charge in [0.2, 0.25) is 0 Å². The first-order valence-corrected chi connectivity index (χ1v) is 9.74. The van der Waals surface area contributed by atoms with E-state index in [4.69, 9.17) is 4.74 Å². The summed E-state index contributed by atoms with van der Waals surface area (Å²) in [6, 6.07) is 12.9. The van der Waals surface area contributed by atoms with Gasteiger partial charge in [0.05, 0.1) is 17.1 Å². The van der Waals surface area contributed by atoms with Crippen molar-refractivity contribution in [2.24, 2.45) is 14.1 Å². The number of rotatable bonds is 6. The average molecular weight is 383 g/mol. The van der Waals surface area contributed by atoms with Crippen molar-refractivity contribution in [3.8, 4) is 0 Å². The lowest BCUT2D eigenvalue weighted by Crippen LogP contribution is -2.31. The highest BCUT2D eigenvalue weighted by molar-refractivity contribution is 5.76. The van der Waals surface area contributed by atoms with Crippen molar-refractivity contribution in [2.75, 3.05) is 13.2 Å². The molecule has 1 saturated heterocycles. The molecule has 1 aromatic heterocycles. The van der Waals surface area contributed by atoms with Crippen LogP contribution in [0.1, 0.15) is 24.0 Å². The van der Waals surface area contributed by atoms with Crippen molar-refractivity contribution >= 4 is 11.0 Å². The maximum Gasteiger partial charge on any atom is 0.328 e. The Morgan fingerprint density at radius 3 is 2.54 bits per heavy atom. The van der Waals surface area contributed by atoms with Crippen LogP contribution >= 0.6 is 0 Å². The molecule has 3 aromatic rings. The van der Waals surface area contributed by atoms with Crippen LogP contribution in [-0.2, 0) is 31.9 Å². The van der Waals surface area contributed by atoms with E-state index in [1.54, 1.807) is 35.4 Å². The van der Waals surface area contributed by atoms with Gasteiger partial charge < -0.3 is 4.74 Å². The van der Waals surface area contributed by atoms with E-state index in [1.807, 2.05) is 12.1 Å². The standard InChI is InChI=1S/C22H26FN3O2/c1-24-20-9-8-17(12-21(20)25(2)22(24)27)14-26(15-19-7-4-10-28-19)13-16-5-3-6-18(23)11-16/h3,5-6,8-9,11-12,19H,4,7,10,13-15H2,1-2H3. The molecule has 1 fully saturated rings. The molecule has 0 spiro atoms. The van der Waals surface area contributed by atoms with Crippen LogP contribution in [0, 0.1) is 5.82 Å². The average Bonchev–Trinajstić information content (AvgIpc) is 3.25. The minimum absolute atomic E-state index is 0.0249.